The molecular formula is C27H28N4O3. The summed E-state index contributed by atoms with van der Waals surface area (Å²) in [6.45, 7) is 3.88. The highest BCUT2D eigenvalue weighted by Crippen LogP contribution is 2.33. The molecule has 1 amide bonds. The van der Waals surface area contributed by atoms with Crippen LogP contribution < -0.4 is 15.6 Å². The third kappa shape index (κ3) is 4.75. The standard InChI is InChI=1S/C27H28N4O3/c32-26(19-8-10-20(11-9-19)34-17-16-31-14-4-1-5-15-31)30-24-7-3-2-6-21(24)23-18-29-25-22(23)12-13-28-27(25)33/h2-3,6-13,18,29H,1,4-5,14-17H2,(H,28,33)(H,30,32). The highest BCUT2D eigenvalue weighted by Gasteiger charge is 2.15. The van der Waals surface area contributed by atoms with Gasteiger partial charge >= 0.3 is 0 Å². The maximum absolute atomic E-state index is 13.0. The van der Waals surface area contributed by atoms with Crippen molar-refractivity contribution in [2.45, 2.75) is 19.3 Å². The number of aromatic nitrogens is 2. The maximum Gasteiger partial charge on any atom is 0.272 e. The predicted molar refractivity (Wildman–Crippen MR) is 135 cm³/mol. The van der Waals surface area contributed by atoms with Crippen LogP contribution in [0.1, 0.15) is 29.6 Å². The molecule has 0 aliphatic carbocycles. The summed E-state index contributed by atoms with van der Waals surface area (Å²) in [5.41, 5.74) is 3.25. The molecule has 0 unspecified atom stereocenters. The van der Waals surface area contributed by atoms with Crippen molar-refractivity contribution in [3.63, 3.8) is 0 Å². The van der Waals surface area contributed by atoms with Crippen LogP contribution in [0.2, 0.25) is 0 Å². The van der Waals surface area contributed by atoms with Crippen LogP contribution in [-0.4, -0.2) is 47.0 Å². The Hall–Kier alpha value is -3.84. The van der Waals surface area contributed by atoms with Crippen LogP contribution in [0.3, 0.4) is 0 Å². The number of likely N-dealkylation sites (tertiary alicyclic amines) is 1. The normalized spacial score (nSPS) is 14.2. The van der Waals surface area contributed by atoms with Crippen LogP contribution in [0, 0.1) is 0 Å². The number of H-pyrrole nitrogens is 2. The average Bonchev–Trinajstić information content (AvgIpc) is 3.31. The van der Waals surface area contributed by atoms with Crippen LogP contribution in [0.4, 0.5) is 5.69 Å². The first-order chi connectivity index (χ1) is 16.7. The van der Waals surface area contributed by atoms with Gasteiger partial charge < -0.3 is 20.0 Å². The van der Waals surface area contributed by atoms with E-state index in [0.717, 1.165) is 41.9 Å². The number of hydrogen-bond acceptors (Lipinski definition) is 4. The Bertz CT molecular complexity index is 1330. The molecule has 2 aromatic carbocycles. The highest BCUT2D eigenvalue weighted by atomic mass is 16.5. The van der Waals surface area contributed by atoms with Gasteiger partial charge in [-0.25, -0.2) is 0 Å². The Labute approximate surface area is 197 Å². The highest BCUT2D eigenvalue weighted by molar-refractivity contribution is 6.08. The summed E-state index contributed by atoms with van der Waals surface area (Å²) >= 11 is 0. The van der Waals surface area contributed by atoms with E-state index in [2.05, 4.69) is 20.2 Å². The zero-order chi connectivity index (χ0) is 23.3. The minimum Gasteiger partial charge on any atom is -0.492 e. The molecule has 1 fully saturated rings. The summed E-state index contributed by atoms with van der Waals surface area (Å²) in [5, 5.41) is 3.82. The molecule has 174 valence electrons. The number of amides is 1. The molecule has 7 nitrogen and oxygen atoms in total. The van der Waals surface area contributed by atoms with Crippen molar-refractivity contribution in [2.24, 2.45) is 0 Å². The Morgan fingerprint density at radius 1 is 0.941 bits per heavy atom. The van der Waals surface area contributed by atoms with E-state index in [1.54, 1.807) is 24.5 Å². The number of carbonyl (C=O) groups is 1. The van der Waals surface area contributed by atoms with Crippen molar-refractivity contribution < 1.29 is 9.53 Å². The molecule has 0 bridgehead atoms. The lowest BCUT2D eigenvalue weighted by molar-refractivity contribution is 0.102. The molecule has 0 radical (unpaired) electrons. The van der Waals surface area contributed by atoms with E-state index in [1.165, 1.54) is 19.3 Å². The second-order valence-electron chi connectivity index (χ2n) is 8.57. The van der Waals surface area contributed by atoms with Crippen LogP contribution >= 0.6 is 0 Å². The number of rotatable bonds is 7. The molecule has 0 atom stereocenters. The minimum atomic E-state index is -0.204. The van der Waals surface area contributed by atoms with Crippen molar-refractivity contribution in [1.82, 2.24) is 14.9 Å². The smallest absolute Gasteiger partial charge is 0.272 e. The van der Waals surface area contributed by atoms with Crippen LogP contribution in [-0.2, 0) is 0 Å². The van der Waals surface area contributed by atoms with Gasteiger partial charge in [0.05, 0.1) is 0 Å². The van der Waals surface area contributed by atoms with E-state index in [4.69, 9.17) is 4.74 Å². The van der Waals surface area contributed by atoms with E-state index in [1.807, 2.05) is 42.5 Å². The first kappa shape index (κ1) is 22.0. The number of carbonyl (C=O) groups excluding carboxylic acids is 1. The molecule has 3 N–H and O–H groups in total. The van der Waals surface area contributed by atoms with Crippen molar-refractivity contribution >= 4 is 22.5 Å². The molecule has 5 rings (SSSR count). The summed E-state index contributed by atoms with van der Waals surface area (Å²) in [5.74, 6) is 0.558. The largest absolute Gasteiger partial charge is 0.492 e. The Morgan fingerprint density at radius 2 is 1.74 bits per heavy atom. The molecular weight excluding hydrogens is 428 g/mol. The number of fused-ring (bicyclic) bond motifs is 1. The summed E-state index contributed by atoms with van der Waals surface area (Å²) in [7, 11) is 0. The van der Waals surface area contributed by atoms with Gasteiger partial charge in [0.15, 0.2) is 0 Å². The Balaban J connectivity index is 1.27. The van der Waals surface area contributed by atoms with E-state index < -0.39 is 0 Å². The van der Waals surface area contributed by atoms with Gasteiger partial charge in [-0.3, -0.25) is 14.5 Å². The summed E-state index contributed by atoms with van der Waals surface area (Å²) in [4.78, 5) is 33.2. The molecule has 1 aliphatic rings. The first-order valence-corrected chi connectivity index (χ1v) is 11.7. The van der Waals surface area contributed by atoms with Gasteiger partial charge in [-0.1, -0.05) is 24.6 Å². The zero-order valence-corrected chi connectivity index (χ0v) is 19.0. The second-order valence-corrected chi connectivity index (χ2v) is 8.57. The Morgan fingerprint density at radius 3 is 2.56 bits per heavy atom. The summed E-state index contributed by atoms with van der Waals surface area (Å²) in [6, 6.07) is 16.7. The minimum absolute atomic E-state index is 0.177. The van der Waals surface area contributed by atoms with Gasteiger partial charge in [-0.05, 0) is 62.3 Å². The van der Waals surface area contributed by atoms with E-state index in [0.29, 0.717) is 23.4 Å². The van der Waals surface area contributed by atoms with Gasteiger partial charge in [-0.15, -0.1) is 0 Å². The van der Waals surface area contributed by atoms with E-state index in [-0.39, 0.29) is 11.5 Å². The van der Waals surface area contributed by atoms with Gasteiger partial charge in [0.25, 0.3) is 11.5 Å². The van der Waals surface area contributed by atoms with Gasteiger partial charge in [0, 0.05) is 46.7 Å². The number of para-hydroxylation sites is 1. The quantitative estimate of drug-likeness (QED) is 0.378. The average molecular weight is 457 g/mol. The SMILES string of the molecule is O=C(Nc1ccccc1-c1c[nH]c2c(=O)[nH]ccc12)c1ccc(OCCN2CCCCC2)cc1. The number of benzene rings is 2. The fourth-order valence-electron chi connectivity index (χ4n) is 4.49. The lowest BCUT2D eigenvalue weighted by atomic mass is 10.0. The molecule has 1 saturated heterocycles. The molecule has 34 heavy (non-hydrogen) atoms. The van der Waals surface area contributed by atoms with Crippen molar-refractivity contribution in [2.75, 3.05) is 31.6 Å². The lowest BCUT2D eigenvalue weighted by Crippen LogP contribution is -2.33. The van der Waals surface area contributed by atoms with Gasteiger partial charge in [0.1, 0.15) is 17.9 Å². The molecule has 7 heteroatoms. The topological polar surface area (TPSA) is 90.2 Å². The van der Waals surface area contributed by atoms with E-state index >= 15 is 0 Å². The predicted octanol–water partition coefficient (Wildman–Crippen LogP) is 4.64. The van der Waals surface area contributed by atoms with Gasteiger partial charge in [-0.2, -0.15) is 0 Å². The number of nitrogens with zero attached hydrogens (tertiary/aromatic N) is 1. The zero-order valence-electron chi connectivity index (χ0n) is 19.0. The van der Waals surface area contributed by atoms with Crippen molar-refractivity contribution in [1.29, 1.82) is 0 Å². The van der Waals surface area contributed by atoms with Crippen molar-refractivity contribution in [3.05, 3.63) is 82.9 Å². The number of ether oxygens (including phenoxy) is 1. The maximum atomic E-state index is 13.0. The van der Waals surface area contributed by atoms with Gasteiger partial charge in [0.2, 0.25) is 0 Å². The Kier molecular flexibility index (Phi) is 6.44. The van der Waals surface area contributed by atoms with Crippen molar-refractivity contribution in [3.8, 4) is 16.9 Å². The van der Waals surface area contributed by atoms with E-state index in [9.17, 15) is 9.59 Å². The third-order valence-corrected chi connectivity index (χ3v) is 6.32. The fraction of sp³-hybridized carbons (Fsp3) is 0.259. The first-order valence-electron chi connectivity index (χ1n) is 11.7. The monoisotopic (exact) mass is 456 g/mol. The lowest BCUT2D eigenvalue weighted by Gasteiger charge is -2.26. The molecule has 0 saturated carbocycles. The van der Waals surface area contributed by atoms with Crippen LogP contribution in [0.5, 0.6) is 5.75 Å². The number of pyridine rings is 1. The fourth-order valence-corrected chi connectivity index (χ4v) is 4.49. The number of anilines is 1. The molecule has 0 spiro atoms. The van der Waals surface area contributed by atoms with Crippen LogP contribution in [0.25, 0.3) is 22.0 Å². The number of piperidine rings is 1. The number of nitrogens with one attached hydrogen (secondary N) is 3. The summed E-state index contributed by atoms with van der Waals surface area (Å²) < 4.78 is 5.88. The molecule has 2 aromatic heterocycles. The molecule has 4 aromatic rings. The second kappa shape index (κ2) is 9.97. The number of hydrogen-bond donors (Lipinski definition) is 3. The molecule has 3 heterocycles. The van der Waals surface area contributed by atoms with Crippen LogP contribution in [0.15, 0.2) is 71.8 Å². The molecule has 1 aliphatic heterocycles. The number of aromatic amines is 2. The third-order valence-electron chi connectivity index (χ3n) is 6.32. The summed E-state index contributed by atoms with van der Waals surface area (Å²) in [6.07, 6.45) is 7.28.